The molecule has 2 fully saturated rings. The van der Waals surface area contributed by atoms with Gasteiger partial charge in [0.1, 0.15) is 5.75 Å². The van der Waals surface area contributed by atoms with E-state index in [-0.39, 0.29) is 6.03 Å². The van der Waals surface area contributed by atoms with Crippen molar-refractivity contribution in [3.05, 3.63) is 45.6 Å². The zero-order valence-electron chi connectivity index (χ0n) is 17.3. The molecule has 1 atom stereocenters. The summed E-state index contributed by atoms with van der Waals surface area (Å²) in [6.07, 6.45) is 1.09. The number of halogens is 1. The summed E-state index contributed by atoms with van der Waals surface area (Å²) in [4.78, 5) is 20.6. The molecule has 1 aromatic heterocycles. The van der Waals surface area contributed by atoms with Gasteiger partial charge in [-0.1, -0.05) is 17.7 Å². The van der Waals surface area contributed by atoms with Crippen LogP contribution >= 0.6 is 22.9 Å². The van der Waals surface area contributed by atoms with E-state index in [1.54, 1.807) is 18.4 Å². The fraction of sp³-hybridized carbons (Fsp3) is 0.500. The van der Waals surface area contributed by atoms with Crippen molar-refractivity contribution in [1.82, 2.24) is 15.1 Å². The number of methoxy groups -OCH3 is 1. The highest BCUT2D eigenvalue weighted by Crippen LogP contribution is 2.27. The molecule has 30 heavy (non-hydrogen) atoms. The lowest BCUT2D eigenvalue weighted by Gasteiger charge is -2.34. The first kappa shape index (κ1) is 21.3. The molecule has 2 aliphatic rings. The van der Waals surface area contributed by atoms with Gasteiger partial charge in [-0.25, -0.2) is 4.79 Å². The Morgan fingerprint density at radius 1 is 1.20 bits per heavy atom. The first-order valence-corrected chi connectivity index (χ1v) is 11.7. The minimum atomic E-state index is 0.0636. The summed E-state index contributed by atoms with van der Waals surface area (Å²) >= 11 is 7.65. The van der Waals surface area contributed by atoms with Gasteiger partial charge >= 0.3 is 6.03 Å². The number of piperazine rings is 1. The second-order valence-electron chi connectivity index (χ2n) is 7.96. The van der Waals surface area contributed by atoms with Crippen LogP contribution in [0.2, 0.25) is 4.34 Å². The molecule has 2 amide bonds. The number of hydrogen-bond donors (Lipinski definition) is 1. The lowest BCUT2D eigenvalue weighted by Crippen LogP contribution is -2.52. The van der Waals surface area contributed by atoms with Crippen LogP contribution < -0.4 is 15.0 Å². The van der Waals surface area contributed by atoms with Crippen LogP contribution in [0, 0.1) is 5.92 Å². The maximum Gasteiger partial charge on any atom is 0.317 e. The minimum Gasteiger partial charge on any atom is -0.497 e. The SMILES string of the molecule is COc1cccc(N2CCC(CNC(=O)N3CCN(Cc4ccc(Cl)s4)CC3)C2)c1. The van der Waals surface area contributed by atoms with Crippen LogP contribution in [0.1, 0.15) is 11.3 Å². The largest absolute Gasteiger partial charge is 0.497 e. The Kier molecular flexibility index (Phi) is 7.02. The topological polar surface area (TPSA) is 48.1 Å². The molecule has 1 unspecified atom stereocenters. The Morgan fingerprint density at radius 3 is 2.77 bits per heavy atom. The van der Waals surface area contributed by atoms with E-state index in [4.69, 9.17) is 16.3 Å². The molecule has 2 aliphatic heterocycles. The van der Waals surface area contributed by atoms with Crippen molar-refractivity contribution in [3.8, 4) is 5.75 Å². The number of hydrogen-bond acceptors (Lipinski definition) is 5. The predicted octanol–water partition coefficient (Wildman–Crippen LogP) is 3.76. The third kappa shape index (κ3) is 5.39. The Labute approximate surface area is 187 Å². The number of ether oxygens (including phenoxy) is 1. The van der Waals surface area contributed by atoms with E-state index in [1.807, 2.05) is 23.1 Å². The van der Waals surface area contributed by atoms with E-state index in [1.165, 1.54) is 10.6 Å². The number of thiophene rings is 1. The number of urea groups is 1. The van der Waals surface area contributed by atoms with Crippen molar-refractivity contribution < 1.29 is 9.53 Å². The summed E-state index contributed by atoms with van der Waals surface area (Å²) in [5, 5.41) is 3.16. The molecule has 0 aliphatic carbocycles. The predicted molar refractivity (Wildman–Crippen MR) is 123 cm³/mol. The van der Waals surface area contributed by atoms with Gasteiger partial charge in [-0.3, -0.25) is 4.90 Å². The van der Waals surface area contributed by atoms with Gasteiger partial charge < -0.3 is 19.9 Å². The molecule has 4 rings (SSSR count). The summed E-state index contributed by atoms with van der Waals surface area (Å²) in [7, 11) is 1.69. The maximum absolute atomic E-state index is 12.6. The number of carbonyl (C=O) groups excluding carboxylic acids is 1. The van der Waals surface area contributed by atoms with Crippen LogP contribution in [0.15, 0.2) is 36.4 Å². The number of nitrogens with one attached hydrogen (secondary N) is 1. The third-order valence-corrected chi connectivity index (χ3v) is 7.13. The Hall–Kier alpha value is -1.96. The van der Waals surface area contributed by atoms with Crippen molar-refractivity contribution in [2.75, 3.05) is 57.8 Å². The first-order chi connectivity index (χ1) is 14.6. The summed E-state index contributed by atoms with van der Waals surface area (Å²) < 4.78 is 6.16. The van der Waals surface area contributed by atoms with Crippen molar-refractivity contribution >= 4 is 34.7 Å². The number of benzene rings is 1. The van der Waals surface area contributed by atoms with E-state index in [0.29, 0.717) is 5.92 Å². The lowest BCUT2D eigenvalue weighted by molar-refractivity contribution is 0.135. The molecule has 6 nitrogen and oxygen atoms in total. The molecule has 8 heteroatoms. The van der Waals surface area contributed by atoms with E-state index in [0.717, 1.165) is 68.9 Å². The zero-order chi connectivity index (χ0) is 20.9. The van der Waals surface area contributed by atoms with Gasteiger partial charge in [0, 0.05) is 69.0 Å². The number of nitrogens with zero attached hydrogens (tertiary/aromatic N) is 3. The Bertz CT molecular complexity index is 853. The molecular weight excluding hydrogens is 420 g/mol. The molecule has 162 valence electrons. The fourth-order valence-corrected chi connectivity index (χ4v) is 5.28. The number of rotatable bonds is 6. The molecule has 2 aromatic rings. The average Bonchev–Trinajstić information content (AvgIpc) is 3.41. The minimum absolute atomic E-state index is 0.0636. The monoisotopic (exact) mass is 448 g/mol. The van der Waals surface area contributed by atoms with Crippen LogP contribution in [0.4, 0.5) is 10.5 Å². The smallest absolute Gasteiger partial charge is 0.317 e. The Balaban J connectivity index is 1.18. The molecule has 1 aromatic carbocycles. The quantitative estimate of drug-likeness (QED) is 0.730. The van der Waals surface area contributed by atoms with Crippen molar-refractivity contribution in [2.45, 2.75) is 13.0 Å². The van der Waals surface area contributed by atoms with Gasteiger partial charge in [-0.05, 0) is 36.6 Å². The molecule has 0 spiro atoms. The molecule has 3 heterocycles. The number of amides is 2. The second-order valence-corrected chi connectivity index (χ2v) is 9.76. The highest BCUT2D eigenvalue weighted by atomic mass is 35.5. The third-order valence-electron chi connectivity index (χ3n) is 5.91. The molecule has 0 saturated carbocycles. The van der Waals surface area contributed by atoms with Crippen LogP contribution in [-0.2, 0) is 6.54 Å². The normalized spacial score (nSPS) is 19.9. The molecule has 1 N–H and O–H groups in total. The summed E-state index contributed by atoms with van der Waals surface area (Å²) in [5.74, 6) is 1.36. The van der Waals surface area contributed by atoms with Crippen LogP contribution in [0.3, 0.4) is 0 Å². The van der Waals surface area contributed by atoms with Crippen LogP contribution in [-0.4, -0.2) is 68.8 Å². The van der Waals surface area contributed by atoms with E-state index < -0.39 is 0 Å². The molecule has 2 saturated heterocycles. The summed E-state index contributed by atoms with van der Waals surface area (Å²) in [6, 6.07) is 12.3. The van der Waals surface area contributed by atoms with Crippen molar-refractivity contribution in [2.24, 2.45) is 5.92 Å². The zero-order valence-corrected chi connectivity index (χ0v) is 18.9. The van der Waals surface area contributed by atoms with Crippen molar-refractivity contribution in [1.29, 1.82) is 0 Å². The first-order valence-electron chi connectivity index (χ1n) is 10.5. The molecular formula is C22H29ClN4O2S. The van der Waals surface area contributed by atoms with Crippen LogP contribution in [0.5, 0.6) is 5.75 Å². The van der Waals surface area contributed by atoms with Crippen molar-refractivity contribution in [3.63, 3.8) is 0 Å². The maximum atomic E-state index is 12.6. The van der Waals surface area contributed by atoms with E-state index in [9.17, 15) is 4.79 Å². The standard InChI is InChI=1S/C22H29ClN4O2S/c1-29-19-4-2-3-18(13-19)27-8-7-17(15-27)14-24-22(28)26-11-9-25(10-12-26)16-20-5-6-21(23)30-20/h2-6,13,17H,7-12,14-16H2,1H3,(H,24,28). The van der Waals surface area contributed by atoms with E-state index in [2.05, 4.69) is 33.3 Å². The van der Waals surface area contributed by atoms with E-state index >= 15 is 0 Å². The molecule has 0 radical (unpaired) electrons. The van der Waals surface area contributed by atoms with Gasteiger partial charge in [-0.2, -0.15) is 0 Å². The fourth-order valence-electron chi connectivity index (χ4n) is 4.15. The molecule has 0 bridgehead atoms. The van der Waals surface area contributed by atoms with Gasteiger partial charge in [0.15, 0.2) is 0 Å². The van der Waals surface area contributed by atoms with Gasteiger partial charge in [-0.15, -0.1) is 11.3 Å². The highest BCUT2D eigenvalue weighted by Gasteiger charge is 2.25. The van der Waals surface area contributed by atoms with Crippen LogP contribution in [0.25, 0.3) is 0 Å². The summed E-state index contributed by atoms with van der Waals surface area (Å²) in [6.45, 7) is 6.95. The van der Waals surface area contributed by atoms with Gasteiger partial charge in [0.25, 0.3) is 0 Å². The van der Waals surface area contributed by atoms with Gasteiger partial charge in [0.2, 0.25) is 0 Å². The lowest BCUT2D eigenvalue weighted by atomic mass is 10.1. The second kappa shape index (κ2) is 9.90. The number of carbonyl (C=O) groups is 1. The summed E-state index contributed by atoms with van der Waals surface area (Å²) in [5.41, 5.74) is 1.19. The highest BCUT2D eigenvalue weighted by molar-refractivity contribution is 7.16. The average molecular weight is 449 g/mol. The Morgan fingerprint density at radius 2 is 2.03 bits per heavy atom. The number of anilines is 1. The van der Waals surface area contributed by atoms with Gasteiger partial charge in [0.05, 0.1) is 11.4 Å².